The predicted octanol–water partition coefficient (Wildman–Crippen LogP) is 6.51. The summed E-state index contributed by atoms with van der Waals surface area (Å²) in [5.74, 6) is -1.71. The maximum absolute atomic E-state index is 13.0. The molecule has 2 heterocycles. The number of rotatable bonds is 28. The summed E-state index contributed by atoms with van der Waals surface area (Å²) in [7, 11) is 0. The van der Waals surface area contributed by atoms with E-state index in [0.29, 0.717) is 19.1 Å². The van der Waals surface area contributed by atoms with Crippen LogP contribution in [0.2, 0.25) is 0 Å². The molecule has 0 unspecified atom stereocenters. The van der Waals surface area contributed by atoms with Gasteiger partial charge >= 0.3 is 17.9 Å². The van der Waals surface area contributed by atoms with Gasteiger partial charge in [-0.25, -0.2) is 0 Å². The number of halogens is 1. The minimum absolute atomic E-state index is 0.0110. The van der Waals surface area contributed by atoms with Gasteiger partial charge in [-0.15, -0.1) is 11.6 Å². The second-order valence-corrected chi connectivity index (χ2v) is 16.6. The van der Waals surface area contributed by atoms with Crippen molar-refractivity contribution in [1.29, 1.82) is 0 Å². The van der Waals surface area contributed by atoms with Gasteiger partial charge in [0.05, 0.1) is 66.1 Å². The van der Waals surface area contributed by atoms with Crippen LogP contribution in [-0.4, -0.2) is 131 Å². The monoisotopic (exact) mass is 978 g/mol. The normalized spacial score (nSPS) is 24.6. The van der Waals surface area contributed by atoms with E-state index in [1.807, 2.05) is 121 Å². The van der Waals surface area contributed by atoms with Crippen LogP contribution in [0.3, 0.4) is 0 Å². The average Bonchev–Trinajstić information content (AvgIpc) is 3.35. The molecule has 0 amide bonds. The van der Waals surface area contributed by atoms with E-state index >= 15 is 0 Å². The first-order chi connectivity index (χ1) is 33.7. The van der Waals surface area contributed by atoms with Crippen LogP contribution in [0.4, 0.5) is 0 Å². The summed E-state index contributed by atoms with van der Waals surface area (Å²) in [4.78, 5) is 38.2. The van der Waals surface area contributed by atoms with Crippen molar-refractivity contribution in [1.82, 2.24) is 0 Å². The first kappa shape index (κ1) is 53.5. The Kier molecular flexibility index (Phi) is 22.8. The maximum atomic E-state index is 13.0. The summed E-state index contributed by atoms with van der Waals surface area (Å²) >= 11 is 5.71. The number of esters is 3. The highest BCUT2D eigenvalue weighted by molar-refractivity contribution is 6.17. The summed E-state index contributed by atoms with van der Waals surface area (Å²) in [5, 5.41) is 0. The number of hydrogen-bond acceptors (Lipinski definition) is 16. The Morgan fingerprint density at radius 1 is 0.435 bits per heavy atom. The van der Waals surface area contributed by atoms with Crippen LogP contribution in [0, 0.1) is 0 Å². The molecule has 374 valence electrons. The van der Waals surface area contributed by atoms with E-state index in [4.69, 9.17) is 73.2 Å². The van der Waals surface area contributed by atoms with Crippen LogP contribution in [0.1, 0.15) is 43.0 Å². The van der Waals surface area contributed by atoms with Crippen LogP contribution < -0.4 is 0 Å². The first-order valence-electron chi connectivity index (χ1n) is 23.0. The van der Waals surface area contributed by atoms with Gasteiger partial charge in [0.2, 0.25) is 0 Å². The molecular weight excluding hydrogens is 916 g/mol. The summed E-state index contributed by atoms with van der Waals surface area (Å²) in [6.07, 6.45) is -11.7. The molecule has 0 saturated carbocycles. The smallest absolute Gasteiger partial charge is 0.303 e. The molecular formula is C52H63ClO16. The van der Waals surface area contributed by atoms with Gasteiger partial charge in [-0.3, -0.25) is 14.4 Å². The molecule has 2 fully saturated rings. The summed E-state index contributed by atoms with van der Waals surface area (Å²) in [5.41, 5.74) is 3.58. The number of carbonyl (C=O) groups is 3. The van der Waals surface area contributed by atoms with Crippen molar-refractivity contribution in [2.24, 2.45) is 0 Å². The standard InChI is InChI=1S/C52H63ClO16/c1-36(54)61-35-44-46(65-37(2)55)48(50(66-38(3)56)51(67-44)60-29-28-58-27-26-57-25-24-53)69-52-49(64-33-42-22-14-7-15-23-42)47(63-32-41-20-12-6-13-21-41)45(62-31-40-18-10-5-11-19-40)43(68-52)34-59-30-39-16-8-4-9-17-39/h4-23,43-52H,24-35H2,1-3H3/t43-,44-,45+,46+,47+,48+,49-,50-,51-,52-/m1/s1. The third-order valence-electron chi connectivity index (χ3n) is 10.9. The molecule has 69 heavy (non-hydrogen) atoms. The van der Waals surface area contributed by atoms with Crippen molar-refractivity contribution in [2.45, 2.75) is 109 Å². The number of alkyl halides is 1. The van der Waals surface area contributed by atoms with Gasteiger partial charge in [0.1, 0.15) is 43.2 Å². The van der Waals surface area contributed by atoms with E-state index in [0.717, 1.165) is 22.3 Å². The van der Waals surface area contributed by atoms with Crippen LogP contribution in [-0.2, 0) is 102 Å². The first-order valence-corrected chi connectivity index (χ1v) is 23.6. The fourth-order valence-electron chi connectivity index (χ4n) is 7.76. The van der Waals surface area contributed by atoms with Gasteiger partial charge < -0.3 is 61.6 Å². The Morgan fingerprint density at radius 2 is 0.884 bits per heavy atom. The molecule has 2 aliphatic rings. The zero-order valence-corrected chi connectivity index (χ0v) is 40.0. The topological polar surface area (TPSA) is 171 Å². The summed E-state index contributed by atoms with van der Waals surface area (Å²) in [6.45, 7) is 4.98. The maximum Gasteiger partial charge on any atom is 0.303 e. The number of carbonyl (C=O) groups excluding carboxylic acids is 3. The van der Waals surface area contributed by atoms with Gasteiger partial charge in [-0.1, -0.05) is 121 Å². The predicted molar refractivity (Wildman–Crippen MR) is 249 cm³/mol. The second-order valence-electron chi connectivity index (χ2n) is 16.2. The quantitative estimate of drug-likeness (QED) is 0.0261. The number of benzene rings is 4. The van der Waals surface area contributed by atoms with Crippen molar-refractivity contribution < 1.29 is 76.0 Å². The number of ether oxygens (including phenoxy) is 13. The fourth-order valence-corrected chi connectivity index (χ4v) is 7.87. The highest BCUT2D eigenvalue weighted by atomic mass is 35.5. The van der Waals surface area contributed by atoms with Crippen LogP contribution >= 0.6 is 11.6 Å². The molecule has 0 bridgehead atoms. The molecule has 0 aliphatic carbocycles. The zero-order valence-electron chi connectivity index (χ0n) is 39.2. The van der Waals surface area contributed by atoms with E-state index in [-0.39, 0.29) is 59.5 Å². The lowest BCUT2D eigenvalue weighted by Crippen LogP contribution is -2.67. The van der Waals surface area contributed by atoms with Crippen LogP contribution in [0.5, 0.6) is 0 Å². The Balaban J connectivity index is 1.40. The van der Waals surface area contributed by atoms with Gasteiger partial charge in [-0.2, -0.15) is 0 Å². The third-order valence-corrected chi connectivity index (χ3v) is 11.0. The van der Waals surface area contributed by atoms with Crippen molar-refractivity contribution in [3.05, 3.63) is 144 Å². The highest BCUT2D eigenvalue weighted by Crippen LogP contribution is 2.36. The van der Waals surface area contributed by atoms with Crippen LogP contribution in [0.15, 0.2) is 121 Å². The van der Waals surface area contributed by atoms with E-state index < -0.39 is 79.3 Å². The Hall–Kier alpha value is -4.82. The zero-order chi connectivity index (χ0) is 48.6. The molecule has 4 aromatic rings. The number of hydrogen-bond donors (Lipinski definition) is 0. The van der Waals surface area contributed by atoms with Gasteiger partial charge in [-0.05, 0) is 22.3 Å². The van der Waals surface area contributed by atoms with Gasteiger partial charge in [0.15, 0.2) is 24.8 Å². The van der Waals surface area contributed by atoms with Gasteiger partial charge in [0.25, 0.3) is 0 Å². The molecule has 6 rings (SSSR count). The van der Waals surface area contributed by atoms with Gasteiger partial charge in [0, 0.05) is 26.7 Å². The minimum atomic E-state index is -1.39. The van der Waals surface area contributed by atoms with E-state index in [2.05, 4.69) is 0 Å². The van der Waals surface area contributed by atoms with Crippen molar-refractivity contribution >= 4 is 29.5 Å². The molecule has 10 atom stereocenters. The lowest BCUT2D eigenvalue weighted by molar-refractivity contribution is -0.372. The minimum Gasteiger partial charge on any atom is -0.463 e. The molecule has 17 heteroatoms. The average molecular weight is 980 g/mol. The molecule has 0 aromatic heterocycles. The largest absolute Gasteiger partial charge is 0.463 e. The highest BCUT2D eigenvalue weighted by Gasteiger charge is 2.56. The third kappa shape index (κ3) is 17.8. The summed E-state index contributed by atoms with van der Waals surface area (Å²) < 4.78 is 81.9. The SMILES string of the molecule is CC(=O)OC[C@H]1O[C@@H](OCCOCCOCCCl)[C@H](OC(C)=O)[C@@H](O[C@H]2O[C@H](COCc3ccccc3)[C@H](OCc3ccccc3)[C@H](OCc3ccccc3)[C@H]2OCc2ccccc2)[C@H]1OC(C)=O. The summed E-state index contributed by atoms with van der Waals surface area (Å²) in [6, 6.07) is 38.6. The Morgan fingerprint density at radius 3 is 1.41 bits per heavy atom. The molecule has 0 N–H and O–H groups in total. The van der Waals surface area contributed by atoms with Crippen LogP contribution in [0.25, 0.3) is 0 Å². The Labute approximate surface area is 408 Å². The molecule has 0 radical (unpaired) electrons. The Bertz CT molecular complexity index is 2070. The van der Waals surface area contributed by atoms with E-state index in [9.17, 15) is 14.4 Å². The molecule has 16 nitrogen and oxygen atoms in total. The second kappa shape index (κ2) is 29.4. The lowest BCUT2D eigenvalue weighted by Gasteiger charge is -2.49. The molecule has 2 saturated heterocycles. The van der Waals surface area contributed by atoms with Crippen molar-refractivity contribution in [2.75, 3.05) is 52.1 Å². The van der Waals surface area contributed by atoms with E-state index in [1.165, 1.54) is 20.8 Å². The molecule has 0 spiro atoms. The van der Waals surface area contributed by atoms with Crippen molar-refractivity contribution in [3.63, 3.8) is 0 Å². The molecule has 4 aromatic carbocycles. The van der Waals surface area contributed by atoms with E-state index in [1.54, 1.807) is 0 Å². The molecule has 2 aliphatic heterocycles. The lowest BCUT2D eigenvalue weighted by atomic mass is 9.95. The fraction of sp³-hybridized carbons (Fsp3) is 0.481. The van der Waals surface area contributed by atoms with Crippen molar-refractivity contribution in [3.8, 4) is 0 Å².